The minimum Gasteiger partial charge on any atom is -0.368 e. The zero-order valence-corrected chi connectivity index (χ0v) is 7.33. The van der Waals surface area contributed by atoms with Crippen LogP contribution in [0.25, 0.3) is 0 Å². The van der Waals surface area contributed by atoms with Crippen LogP contribution in [0.4, 0.5) is 12.9 Å². The highest BCUT2D eigenvalue weighted by Gasteiger charge is 2.06. The number of halogens is 3. The molecule has 2 N–H and O–H groups in total. The Morgan fingerprint density at radius 3 is 0.929 bits per heavy atom. The molecule has 2 aromatic rings. The van der Waals surface area contributed by atoms with Crippen molar-refractivity contribution in [2.75, 3.05) is 0 Å². The number of hydrogen-bond donors (Lipinski definition) is 2. The second kappa shape index (κ2) is 9.50. The first-order valence-electron chi connectivity index (χ1n) is 3.81. The summed E-state index contributed by atoms with van der Waals surface area (Å²) < 4.78 is 29.0. The van der Waals surface area contributed by atoms with E-state index in [-0.39, 0.29) is 0 Å². The normalized spacial score (nSPS) is 7.64. The van der Waals surface area contributed by atoms with Crippen molar-refractivity contribution in [2.24, 2.45) is 0 Å². The molecule has 0 spiro atoms. The maximum absolute atomic E-state index is 9.67. The lowest BCUT2D eigenvalue weighted by Crippen LogP contribution is -1.76. The van der Waals surface area contributed by atoms with E-state index in [1.807, 2.05) is 49.1 Å². The molecule has 2 rings (SSSR count). The molecule has 0 saturated carbocycles. The number of H-pyrrole nitrogens is 2. The van der Waals surface area contributed by atoms with Gasteiger partial charge in [-0.25, -0.2) is 0 Å². The lowest BCUT2D eigenvalue weighted by atomic mass is 10.5. The van der Waals surface area contributed by atoms with E-state index >= 15 is 0 Å². The summed E-state index contributed by atoms with van der Waals surface area (Å²) in [6.45, 7) is 0. The molecule has 0 aliphatic carbocycles. The standard InChI is InChI=1S/2C4H5N.BF3/c2*1-2-4-5-3-1;2-1(3)4/h2*1-5H;. The van der Waals surface area contributed by atoms with E-state index in [0.717, 1.165) is 0 Å². The van der Waals surface area contributed by atoms with Gasteiger partial charge in [-0.3, -0.25) is 12.9 Å². The predicted molar refractivity (Wildman–Crippen MR) is 50.7 cm³/mol. The fourth-order valence-electron chi connectivity index (χ4n) is 0.556. The maximum atomic E-state index is 9.67. The van der Waals surface area contributed by atoms with Crippen molar-refractivity contribution in [1.29, 1.82) is 0 Å². The average Bonchev–Trinajstić information content (AvgIpc) is 2.83. The van der Waals surface area contributed by atoms with Gasteiger partial charge in [0.1, 0.15) is 0 Å². The van der Waals surface area contributed by atoms with Crippen molar-refractivity contribution in [3.05, 3.63) is 49.1 Å². The molecule has 0 amide bonds. The minimum absolute atomic E-state index is 1.88. The molecule has 6 heteroatoms. The van der Waals surface area contributed by atoms with E-state index < -0.39 is 7.54 Å². The zero-order valence-electron chi connectivity index (χ0n) is 7.33. The van der Waals surface area contributed by atoms with Gasteiger partial charge in [0.2, 0.25) is 0 Å². The first kappa shape index (κ1) is 12.4. The lowest BCUT2D eigenvalue weighted by molar-refractivity contribution is 0.535. The molecule has 0 saturated heterocycles. The average molecular weight is 202 g/mol. The molecule has 0 bridgehead atoms. The molecule has 0 aromatic carbocycles. The summed E-state index contributed by atoms with van der Waals surface area (Å²) in [6.07, 6.45) is 7.50. The van der Waals surface area contributed by atoms with Gasteiger partial charge in [-0.15, -0.1) is 0 Å². The second-order valence-corrected chi connectivity index (χ2v) is 2.02. The number of rotatable bonds is 0. The molecule has 0 aliphatic rings. The smallest absolute Gasteiger partial charge is 0.368 e. The molecule has 0 aliphatic heterocycles. The molecular weight excluding hydrogens is 192 g/mol. The van der Waals surface area contributed by atoms with Gasteiger partial charge in [-0.1, -0.05) is 0 Å². The van der Waals surface area contributed by atoms with Crippen molar-refractivity contribution < 1.29 is 12.9 Å². The fraction of sp³-hybridized carbons (Fsp3) is 0. The van der Waals surface area contributed by atoms with E-state index in [0.29, 0.717) is 0 Å². The number of aromatic nitrogens is 2. The fourth-order valence-corrected chi connectivity index (χ4v) is 0.556. The minimum atomic E-state index is -3.67. The summed E-state index contributed by atoms with van der Waals surface area (Å²) in [7, 11) is -3.67. The molecule has 0 fully saturated rings. The van der Waals surface area contributed by atoms with Crippen molar-refractivity contribution in [2.45, 2.75) is 0 Å². The Bertz CT molecular complexity index is 194. The number of hydrogen-bond acceptors (Lipinski definition) is 0. The Morgan fingerprint density at radius 1 is 0.643 bits per heavy atom. The summed E-state index contributed by atoms with van der Waals surface area (Å²) in [5.74, 6) is 0. The van der Waals surface area contributed by atoms with E-state index in [4.69, 9.17) is 0 Å². The Kier molecular flexibility index (Phi) is 8.43. The van der Waals surface area contributed by atoms with E-state index in [1.165, 1.54) is 0 Å². The monoisotopic (exact) mass is 202 g/mol. The van der Waals surface area contributed by atoms with Gasteiger partial charge in [0.25, 0.3) is 0 Å². The largest absolute Gasteiger partial charge is 0.762 e. The third-order valence-corrected chi connectivity index (χ3v) is 0.992. The third-order valence-electron chi connectivity index (χ3n) is 0.992. The van der Waals surface area contributed by atoms with Gasteiger partial charge < -0.3 is 9.97 Å². The molecular formula is C8H10BF3N2. The summed E-state index contributed by atoms with van der Waals surface area (Å²) >= 11 is 0. The van der Waals surface area contributed by atoms with Gasteiger partial charge >= 0.3 is 7.54 Å². The highest BCUT2D eigenvalue weighted by molar-refractivity contribution is 6.33. The maximum Gasteiger partial charge on any atom is 0.762 e. The Hall–Kier alpha value is -1.59. The van der Waals surface area contributed by atoms with Crippen molar-refractivity contribution in [1.82, 2.24) is 9.97 Å². The highest BCUT2D eigenvalue weighted by Crippen LogP contribution is 1.80. The zero-order chi connectivity index (χ0) is 10.6. The molecule has 2 heterocycles. The van der Waals surface area contributed by atoms with Crippen LogP contribution in [0.1, 0.15) is 0 Å². The molecule has 2 nitrogen and oxygen atoms in total. The van der Waals surface area contributed by atoms with Crippen LogP contribution >= 0.6 is 0 Å². The number of nitrogens with one attached hydrogen (secondary N) is 2. The molecule has 0 unspecified atom stereocenters. The van der Waals surface area contributed by atoms with Crippen molar-refractivity contribution in [3.63, 3.8) is 0 Å². The summed E-state index contributed by atoms with van der Waals surface area (Å²) in [5.41, 5.74) is 0. The highest BCUT2D eigenvalue weighted by atomic mass is 19.4. The molecule has 76 valence electrons. The SMILES string of the molecule is FB(F)F.c1cc[nH]c1.c1cc[nH]c1. The van der Waals surface area contributed by atoms with E-state index in [9.17, 15) is 12.9 Å². The van der Waals surface area contributed by atoms with Crippen LogP contribution in [0.2, 0.25) is 0 Å². The van der Waals surface area contributed by atoms with Crippen LogP contribution in [-0.2, 0) is 0 Å². The van der Waals surface area contributed by atoms with Crippen LogP contribution in [0.15, 0.2) is 49.1 Å². The number of aromatic amines is 2. The van der Waals surface area contributed by atoms with Gasteiger partial charge in [0.05, 0.1) is 0 Å². The summed E-state index contributed by atoms with van der Waals surface area (Å²) in [5, 5.41) is 0. The topological polar surface area (TPSA) is 31.6 Å². The second-order valence-electron chi connectivity index (χ2n) is 2.02. The lowest BCUT2D eigenvalue weighted by Gasteiger charge is -1.55. The summed E-state index contributed by atoms with van der Waals surface area (Å²) in [6, 6.07) is 7.78. The van der Waals surface area contributed by atoms with Crippen LogP contribution < -0.4 is 0 Å². The van der Waals surface area contributed by atoms with E-state index in [2.05, 4.69) is 9.97 Å². The molecule has 2 aromatic heterocycles. The van der Waals surface area contributed by atoms with Crippen LogP contribution in [0, 0.1) is 0 Å². The quantitative estimate of drug-likeness (QED) is 0.615. The van der Waals surface area contributed by atoms with Crippen LogP contribution in [0.5, 0.6) is 0 Å². The Morgan fingerprint density at radius 2 is 0.857 bits per heavy atom. The molecule has 0 radical (unpaired) electrons. The van der Waals surface area contributed by atoms with Gasteiger partial charge in [0.15, 0.2) is 0 Å². The van der Waals surface area contributed by atoms with Crippen LogP contribution in [-0.4, -0.2) is 17.5 Å². The van der Waals surface area contributed by atoms with Gasteiger partial charge in [-0.2, -0.15) is 0 Å². The van der Waals surface area contributed by atoms with Crippen LogP contribution in [0.3, 0.4) is 0 Å². The van der Waals surface area contributed by atoms with Gasteiger partial charge in [-0.05, 0) is 24.3 Å². The van der Waals surface area contributed by atoms with Crippen molar-refractivity contribution in [3.8, 4) is 0 Å². The van der Waals surface area contributed by atoms with Crippen molar-refractivity contribution >= 4 is 7.54 Å². The van der Waals surface area contributed by atoms with E-state index in [1.54, 1.807) is 0 Å². The third kappa shape index (κ3) is 13.0. The first-order chi connectivity index (χ1) is 6.73. The Balaban J connectivity index is 0.000000183. The molecule has 0 atom stereocenters. The summed E-state index contributed by atoms with van der Waals surface area (Å²) in [4.78, 5) is 5.72. The Labute approximate surface area is 80.4 Å². The first-order valence-corrected chi connectivity index (χ1v) is 3.81. The van der Waals surface area contributed by atoms with Gasteiger partial charge in [0, 0.05) is 24.8 Å². The predicted octanol–water partition coefficient (Wildman–Crippen LogP) is 2.91. The molecule has 14 heavy (non-hydrogen) atoms.